The van der Waals surface area contributed by atoms with Gasteiger partial charge in [-0.25, -0.2) is 0 Å². The molecule has 0 N–H and O–H groups in total. The summed E-state index contributed by atoms with van der Waals surface area (Å²) < 4.78 is 12.1. The smallest absolute Gasteiger partial charge is 0.318 e. The van der Waals surface area contributed by atoms with Crippen LogP contribution >= 0.6 is 0 Å². The summed E-state index contributed by atoms with van der Waals surface area (Å²) in [7, 11) is 0. The average Bonchev–Trinajstić information content (AvgIpc) is 2.98. The highest BCUT2D eigenvalue weighted by molar-refractivity contribution is 6.06. The molecule has 0 radical (unpaired) electrons. The lowest BCUT2D eigenvalue weighted by Gasteiger charge is -2.43. The van der Waals surface area contributed by atoms with Crippen molar-refractivity contribution in [2.24, 2.45) is 0 Å². The molecule has 0 fully saturated rings. The Morgan fingerprint density at radius 2 is 1.58 bits per heavy atom. The monoisotopic (exact) mass is 587 g/mol. The van der Waals surface area contributed by atoms with Crippen LogP contribution in [0.2, 0.25) is 0 Å². The number of hydrogen-bond acceptors (Lipinski definition) is 9. The van der Waals surface area contributed by atoms with Crippen molar-refractivity contribution in [2.75, 3.05) is 13.2 Å². The minimum atomic E-state index is -0.739. The van der Waals surface area contributed by atoms with Crippen LogP contribution in [-0.2, 0) is 16.0 Å². The van der Waals surface area contributed by atoms with Gasteiger partial charge in [-0.3, -0.25) is 29.8 Å². The molecule has 1 heterocycles. The Labute approximate surface area is 248 Å². The molecule has 11 nitrogen and oxygen atoms in total. The van der Waals surface area contributed by atoms with E-state index < -0.39 is 27.1 Å². The fraction of sp³-hybridized carbons (Fsp3) is 0.375. The molecule has 5 rings (SSSR count). The largest absolute Gasteiger partial charge is 0.490 e. The van der Waals surface area contributed by atoms with Crippen molar-refractivity contribution in [3.63, 3.8) is 0 Å². The van der Waals surface area contributed by atoms with Gasteiger partial charge in [0.2, 0.25) is 5.75 Å². The lowest BCUT2D eigenvalue weighted by molar-refractivity contribution is -0.394. The minimum absolute atomic E-state index is 0.0275. The zero-order valence-corrected chi connectivity index (χ0v) is 24.2. The molecule has 0 aromatic heterocycles. The Balaban J connectivity index is 1.71. The van der Waals surface area contributed by atoms with E-state index in [-0.39, 0.29) is 41.8 Å². The van der Waals surface area contributed by atoms with E-state index in [0.29, 0.717) is 41.7 Å². The Morgan fingerprint density at radius 1 is 0.930 bits per heavy atom. The molecule has 0 bridgehead atoms. The van der Waals surface area contributed by atoms with Crippen molar-refractivity contribution in [3.8, 4) is 17.2 Å². The van der Waals surface area contributed by atoms with Gasteiger partial charge in [0.05, 0.1) is 22.5 Å². The summed E-state index contributed by atoms with van der Waals surface area (Å²) in [5, 5.41) is 23.1. The van der Waals surface area contributed by atoms with E-state index >= 15 is 0 Å². The van der Waals surface area contributed by atoms with Crippen molar-refractivity contribution < 1.29 is 28.9 Å². The third-order valence-electron chi connectivity index (χ3n) is 8.12. The van der Waals surface area contributed by atoms with Crippen LogP contribution in [0.15, 0.2) is 65.5 Å². The summed E-state index contributed by atoms with van der Waals surface area (Å²) in [4.78, 5) is 50.9. The summed E-state index contributed by atoms with van der Waals surface area (Å²) in [5.74, 6) is -0.232. The van der Waals surface area contributed by atoms with Crippen LogP contribution in [0.1, 0.15) is 69.4 Å². The van der Waals surface area contributed by atoms with E-state index in [2.05, 4.69) is 11.5 Å². The number of allylic oxidation sites excluding steroid dienone is 5. The van der Waals surface area contributed by atoms with Gasteiger partial charge in [0.25, 0.3) is 5.69 Å². The molecule has 0 saturated carbocycles. The first kappa shape index (κ1) is 29.7. The minimum Gasteiger partial charge on any atom is -0.490 e. The van der Waals surface area contributed by atoms with Gasteiger partial charge in [0, 0.05) is 59.5 Å². The first-order valence-electron chi connectivity index (χ1n) is 14.5. The summed E-state index contributed by atoms with van der Waals surface area (Å²) in [5.41, 5.74) is 3.52. The molecule has 43 heavy (non-hydrogen) atoms. The van der Waals surface area contributed by atoms with Crippen molar-refractivity contribution in [2.45, 2.75) is 64.7 Å². The predicted molar refractivity (Wildman–Crippen MR) is 158 cm³/mol. The van der Waals surface area contributed by atoms with E-state index in [1.807, 2.05) is 13.0 Å². The highest BCUT2D eigenvalue weighted by Crippen LogP contribution is 2.51. The van der Waals surface area contributed by atoms with Crippen LogP contribution in [0.5, 0.6) is 17.2 Å². The lowest BCUT2D eigenvalue weighted by atomic mass is 9.70. The topological polar surface area (TPSA) is 142 Å². The van der Waals surface area contributed by atoms with E-state index in [1.54, 1.807) is 19.1 Å². The molecule has 1 aliphatic heterocycles. The fourth-order valence-corrected chi connectivity index (χ4v) is 6.43. The Bertz CT molecular complexity index is 1560. The van der Waals surface area contributed by atoms with E-state index in [1.165, 1.54) is 6.07 Å². The SMILES string of the molecule is C=CCc1cc(C2C3=C(CCCC3=O)N(CC)C3=C2C(=O)CCC3)cc(OCC)c1Oc1ccc([N+](=O)[O-])cc1[N+](=O)[O-]. The fourth-order valence-electron chi connectivity index (χ4n) is 6.43. The highest BCUT2D eigenvalue weighted by atomic mass is 16.6. The zero-order valence-electron chi connectivity index (χ0n) is 24.2. The maximum absolute atomic E-state index is 13.6. The van der Waals surface area contributed by atoms with Crippen molar-refractivity contribution in [1.29, 1.82) is 0 Å². The number of ether oxygens (including phenoxy) is 2. The second-order valence-electron chi connectivity index (χ2n) is 10.7. The molecule has 0 saturated heterocycles. The van der Waals surface area contributed by atoms with Crippen molar-refractivity contribution >= 4 is 22.9 Å². The number of carbonyl (C=O) groups excluding carboxylic acids is 2. The lowest BCUT2D eigenvalue weighted by Crippen LogP contribution is -2.39. The summed E-state index contributed by atoms with van der Waals surface area (Å²) in [6, 6.07) is 6.77. The molecule has 11 heteroatoms. The normalized spacial score (nSPS) is 17.0. The third kappa shape index (κ3) is 5.42. The van der Waals surface area contributed by atoms with Crippen molar-refractivity contribution in [3.05, 3.63) is 96.9 Å². The van der Waals surface area contributed by atoms with Crippen LogP contribution in [0, 0.1) is 20.2 Å². The second-order valence-corrected chi connectivity index (χ2v) is 10.7. The first-order chi connectivity index (χ1) is 20.7. The number of nitro benzene ring substituents is 2. The number of nitro groups is 2. The van der Waals surface area contributed by atoms with E-state index in [9.17, 15) is 29.8 Å². The van der Waals surface area contributed by atoms with Gasteiger partial charge in [0.1, 0.15) is 0 Å². The quantitative estimate of drug-likeness (QED) is 0.165. The van der Waals surface area contributed by atoms with Gasteiger partial charge < -0.3 is 14.4 Å². The van der Waals surface area contributed by atoms with E-state index in [4.69, 9.17) is 9.47 Å². The maximum atomic E-state index is 13.6. The molecule has 2 aliphatic carbocycles. The summed E-state index contributed by atoms with van der Waals surface area (Å²) in [6.07, 6.45) is 5.77. The van der Waals surface area contributed by atoms with Gasteiger partial charge in [-0.1, -0.05) is 12.1 Å². The Morgan fingerprint density at radius 3 is 2.12 bits per heavy atom. The standard InChI is InChI=1S/C32H33N3O8/c1-4-9-19-16-20(17-28(42-6-3)32(19)43-27-15-14-21(34(38)39)18-24(27)35(40)41)29-30-22(10-7-12-25(30)36)33(5-2)23-11-8-13-26(37)31(23)29/h4,14-18,29H,1,5-13H2,2-3H3. The number of rotatable bonds is 10. The second kappa shape index (κ2) is 12.2. The number of hydrogen-bond donors (Lipinski definition) is 0. The first-order valence-corrected chi connectivity index (χ1v) is 14.5. The molecule has 2 aromatic rings. The molecule has 0 spiro atoms. The number of non-ortho nitro benzene ring substituents is 1. The van der Waals surface area contributed by atoms with Crippen LogP contribution < -0.4 is 9.47 Å². The Hall–Kier alpha value is -4.80. The summed E-state index contributed by atoms with van der Waals surface area (Å²) >= 11 is 0. The third-order valence-corrected chi connectivity index (χ3v) is 8.12. The van der Waals surface area contributed by atoms with Gasteiger partial charge >= 0.3 is 5.69 Å². The molecular formula is C32H33N3O8. The Kier molecular flexibility index (Phi) is 8.43. The number of Topliss-reactive ketones (excluding diaryl/α,β-unsaturated/α-hetero) is 2. The maximum Gasteiger partial charge on any atom is 0.318 e. The molecule has 0 atom stereocenters. The highest BCUT2D eigenvalue weighted by Gasteiger charge is 2.43. The average molecular weight is 588 g/mol. The van der Waals surface area contributed by atoms with Crippen LogP contribution in [0.25, 0.3) is 0 Å². The zero-order chi connectivity index (χ0) is 30.8. The van der Waals surface area contributed by atoms with Gasteiger partial charge in [-0.05, 0) is 63.6 Å². The van der Waals surface area contributed by atoms with Gasteiger partial charge in [0.15, 0.2) is 23.1 Å². The summed E-state index contributed by atoms with van der Waals surface area (Å²) in [6.45, 7) is 8.59. The van der Waals surface area contributed by atoms with Crippen LogP contribution in [0.4, 0.5) is 11.4 Å². The molecule has 0 unspecified atom stereocenters. The molecule has 224 valence electrons. The molecule has 2 aromatic carbocycles. The number of ketones is 2. The van der Waals surface area contributed by atoms with Gasteiger partial charge in [-0.2, -0.15) is 0 Å². The number of nitrogens with zero attached hydrogens (tertiary/aromatic N) is 3. The molecule has 0 amide bonds. The predicted octanol–water partition coefficient (Wildman–Crippen LogP) is 6.86. The van der Waals surface area contributed by atoms with Gasteiger partial charge in [-0.15, -0.1) is 6.58 Å². The van der Waals surface area contributed by atoms with E-state index in [0.717, 1.165) is 49.2 Å². The molecular weight excluding hydrogens is 554 g/mol. The van der Waals surface area contributed by atoms with Crippen LogP contribution in [-0.4, -0.2) is 39.5 Å². The number of benzene rings is 2. The van der Waals surface area contributed by atoms with Crippen molar-refractivity contribution in [1.82, 2.24) is 4.90 Å². The molecule has 3 aliphatic rings. The van der Waals surface area contributed by atoms with Crippen LogP contribution in [0.3, 0.4) is 0 Å². The number of carbonyl (C=O) groups is 2.